The number of nitrogens with zero attached hydrogens (tertiary/aromatic N) is 2. The fourth-order valence-corrected chi connectivity index (χ4v) is 4.45. The van der Waals surface area contributed by atoms with Crippen LogP contribution in [0.2, 0.25) is 15.1 Å². The summed E-state index contributed by atoms with van der Waals surface area (Å²) in [6.07, 6.45) is -0.559. The van der Waals surface area contributed by atoms with Gasteiger partial charge < -0.3 is 14.7 Å². The lowest BCUT2D eigenvalue weighted by Gasteiger charge is -2.37. The molecule has 1 saturated heterocycles. The summed E-state index contributed by atoms with van der Waals surface area (Å²) in [6, 6.07) is 17.2. The Morgan fingerprint density at radius 1 is 0.833 bits per heavy atom. The Balaban J connectivity index is 1.26. The normalized spacial score (nSPS) is 16.1. The van der Waals surface area contributed by atoms with Crippen LogP contribution in [0.3, 0.4) is 0 Å². The predicted molar refractivity (Wildman–Crippen MR) is 126 cm³/mol. The number of hydrogen-bond acceptors (Lipinski definition) is 4. The zero-order chi connectivity index (χ0) is 21.1. The zero-order valence-electron chi connectivity index (χ0n) is 16.4. The van der Waals surface area contributed by atoms with E-state index >= 15 is 0 Å². The van der Waals surface area contributed by atoms with Gasteiger partial charge in [-0.25, -0.2) is 0 Å². The van der Waals surface area contributed by atoms with Crippen LogP contribution in [0, 0.1) is 0 Å². The lowest BCUT2D eigenvalue weighted by Crippen LogP contribution is -2.49. The number of hydrogen-bond donors (Lipinski definition) is 1. The van der Waals surface area contributed by atoms with Crippen molar-refractivity contribution in [2.45, 2.75) is 6.10 Å². The van der Waals surface area contributed by atoms with Gasteiger partial charge in [-0.2, -0.15) is 0 Å². The van der Waals surface area contributed by atoms with Crippen molar-refractivity contribution in [1.29, 1.82) is 0 Å². The van der Waals surface area contributed by atoms with Gasteiger partial charge in [0.1, 0.15) is 18.5 Å². The SMILES string of the molecule is OC(COc1ccc2cc(Cl)ccc2c1)CN1CCN(c2ccc(Cl)cc2Cl)CC1. The lowest BCUT2D eigenvalue weighted by molar-refractivity contribution is 0.0663. The summed E-state index contributed by atoms with van der Waals surface area (Å²) in [5, 5.41) is 14.6. The summed E-state index contributed by atoms with van der Waals surface area (Å²) in [5.41, 5.74) is 1.00. The second kappa shape index (κ2) is 9.63. The predicted octanol–water partition coefficient (Wildman–Crippen LogP) is 5.36. The molecule has 1 atom stereocenters. The number of piperazine rings is 1. The van der Waals surface area contributed by atoms with E-state index < -0.39 is 6.10 Å². The maximum absolute atomic E-state index is 10.4. The van der Waals surface area contributed by atoms with Crippen LogP contribution in [-0.2, 0) is 0 Å². The minimum absolute atomic E-state index is 0.252. The molecule has 0 spiro atoms. The van der Waals surface area contributed by atoms with Crippen LogP contribution in [0.5, 0.6) is 5.75 Å². The average Bonchev–Trinajstić information content (AvgIpc) is 2.73. The van der Waals surface area contributed by atoms with E-state index in [-0.39, 0.29) is 6.61 Å². The molecule has 1 aliphatic rings. The van der Waals surface area contributed by atoms with Crippen LogP contribution in [0.25, 0.3) is 10.8 Å². The zero-order valence-corrected chi connectivity index (χ0v) is 18.7. The van der Waals surface area contributed by atoms with E-state index in [4.69, 9.17) is 39.5 Å². The average molecular weight is 466 g/mol. The van der Waals surface area contributed by atoms with Crippen molar-refractivity contribution >= 4 is 51.3 Å². The molecule has 0 aromatic heterocycles. The maximum Gasteiger partial charge on any atom is 0.120 e. The summed E-state index contributed by atoms with van der Waals surface area (Å²) in [7, 11) is 0. The molecule has 1 fully saturated rings. The lowest BCUT2D eigenvalue weighted by atomic mass is 10.1. The van der Waals surface area contributed by atoms with Crippen LogP contribution in [0.1, 0.15) is 0 Å². The quantitative estimate of drug-likeness (QED) is 0.531. The Morgan fingerprint density at radius 2 is 1.50 bits per heavy atom. The Bertz CT molecular complexity index is 1020. The molecule has 1 aliphatic heterocycles. The minimum Gasteiger partial charge on any atom is -0.491 e. The molecule has 7 heteroatoms. The number of fused-ring (bicyclic) bond motifs is 1. The molecular weight excluding hydrogens is 443 g/mol. The van der Waals surface area contributed by atoms with E-state index in [1.54, 1.807) is 6.07 Å². The minimum atomic E-state index is -0.559. The second-order valence-corrected chi connectivity index (χ2v) is 8.78. The maximum atomic E-state index is 10.4. The van der Waals surface area contributed by atoms with E-state index in [1.165, 1.54) is 0 Å². The summed E-state index contributed by atoms with van der Waals surface area (Å²) >= 11 is 18.3. The summed E-state index contributed by atoms with van der Waals surface area (Å²) in [5.74, 6) is 0.742. The van der Waals surface area contributed by atoms with E-state index in [9.17, 15) is 5.11 Å². The van der Waals surface area contributed by atoms with Gasteiger partial charge in [-0.05, 0) is 53.2 Å². The largest absolute Gasteiger partial charge is 0.491 e. The molecule has 1 N–H and O–H groups in total. The highest BCUT2D eigenvalue weighted by Crippen LogP contribution is 2.29. The Kier molecular flexibility index (Phi) is 6.91. The van der Waals surface area contributed by atoms with Crippen LogP contribution in [-0.4, -0.2) is 55.4 Å². The first-order valence-corrected chi connectivity index (χ1v) is 11.0. The molecule has 3 aromatic rings. The number of ether oxygens (including phenoxy) is 1. The summed E-state index contributed by atoms with van der Waals surface area (Å²) in [6.45, 7) is 4.23. The smallest absolute Gasteiger partial charge is 0.120 e. The molecule has 0 aliphatic carbocycles. The van der Waals surface area contributed by atoms with Gasteiger partial charge in [-0.1, -0.05) is 46.9 Å². The highest BCUT2D eigenvalue weighted by Gasteiger charge is 2.21. The van der Waals surface area contributed by atoms with Crippen molar-refractivity contribution in [3.63, 3.8) is 0 Å². The first-order valence-electron chi connectivity index (χ1n) is 9.90. The molecule has 0 radical (unpaired) electrons. The fraction of sp³-hybridized carbons (Fsp3) is 0.304. The number of β-amino-alcohol motifs (C(OH)–C–C–N with tert-alkyl or cyclic N) is 1. The van der Waals surface area contributed by atoms with Gasteiger partial charge in [0.15, 0.2) is 0 Å². The Labute approximate surface area is 191 Å². The topological polar surface area (TPSA) is 35.9 Å². The van der Waals surface area contributed by atoms with Crippen molar-refractivity contribution in [2.75, 3.05) is 44.2 Å². The number of benzene rings is 3. The monoisotopic (exact) mass is 464 g/mol. The first-order chi connectivity index (χ1) is 14.5. The standard InChI is InChI=1S/C23H23Cl3N2O2/c24-18-3-1-17-12-21(5-2-16(17)11-18)30-15-20(29)14-27-7-9-28(10-8-27)23-6-4-19(25)13-22(23)26/h1-6,11-13,20,29H,7-10,14-15H2. The molecule has 4 rings (SSSR count). The van der Waals surface area contributed by atoms with Gasteiger partial charge in [0.2, 0.25) is 0 Å². The van der Waals surface area contributed by atoms with Crippen molar-refractivity contribution in [3.05, 3.63) is 69.7 Å². The number of anilines is 1. The van der Waals surface area contributed by atoms with Gasteiger partial charge >= 0.3 is 0 Å². The van der Waals surface area contributed by atoms with Crippen LogP contribution < -0.4 is 9.64 Å². The van der Waals surface area contributed by atoms with Gasteiger partial charge in [-0.15, -0.1) is 0 Å². The molecule has 4 nitrogen and oxygen atoms in total. The van der Waals surface area contributed by atoms with Gasteiger partial charge in [0.25, 0.3) is 0 Å². The molecule has 0 bridgehead atoms. The van der Waals surface area contributed by atoms with Gasteiger partial charge in [0.05, 0.1) is 10.7 Å². The van der Waals surface area contributed by atoms with E-state index in [1.807, 2.05) is 48.5 Å². The van der Waals surface area contributed by atoms with Crippen LogP contribution in [0.4, 0.5) is 5.69 Å². The van der Waals surface area contributed by atoms with Gasteiger partial charge in [0, 0.05) is 42.8 Å². The summed E-state index contributed by atoms with van der Waals surface area (Å²) in [4.78, 5) is 4.50. The third kappa shape index (κ3) is 5.32. The van der Waals surface area contributed by atoms with Crippen LogP contribution >= 0.6 is 34.8 Å². The molecule has 3 aromatic carbocycles. The molecule has 158 valence electrons. The molecule has 0 saturated carbocycles. The molecule has 30 heavy (non-hydrogen) atoms. The fourth-order valence-electron chi connectivity index (χ4n) is 3.74. The number of aliphatic hydroxyl groups excluding tert-OH is 1. The van der Waals surface area contributed by atoms with E-state index in [0.29, 0.717) is 21.6 Å². The van der Waals surface area contributed by atoms with Crippen molar-refractivity contribution in [1.82, 2.24) is 4.90 Å². The highest BCUT2D eigenvalue weighted by atomic mass is 35.5. The third-order valence-electron chi connectivity index (χ3n) is 5.31. The van der Waals surface area contributed by atoms with E-state index in [2.05, 4.69) is 9.80 Å². The highest BCUT2D eigenvalue weighted by molar-refractivity contribution is 6.36. The molecular formula is C23H23Cl3N2O2. The van der Waals surface area contributed by atoms with Crippen molar-refractivity contribution in [3.8, 4) is 5.75 Å². The molecule has 1 heterocycles. The van der Waals surface area contributed by atoms with E-state index in [0.717, 1.165) is 48.4 Å². The Morgan fingerprint density at radius 3 is 2.27 bits per heavy atom. The molecule has 0 amide bonds. The van der Waals surface area contributed by atoms with Crippen molar-refractivity contribution < 1.29 is 9.84 Å². The van der Waals surface area contributed by atoms with Crippen molar-refractivity contribution in [2.24, 2.45) is 0 Å². The van der Waals surface area contributed by atoms with Crippen LogP contribution in [0.15, 0.2) is 54.6 Å². The summed E-state index contributed by atoms with van der Waals surface area (Å²) < 4.78 is 5.82. The van der Waals surface area contributed by atoms with Gasteiger partial charge in [-0.3, -0.25) is 4.90 Å². The Hall–Kier alpha value is -1.69. The number of aliphatic hydroxyl groups is 1. The third-order valence-corrected chi connectivity index (χ3v) is 6.08. The number of rotatable bonds is 6. The molecule has 1 unspecified atom stereocenters. The second-order valence-electron chi connectivity index (χ2n) is 7.50. The first kappa shape index (κ1) is 21.5. The number of halogens is 3.